The Balaban J connectivity index is 1.98. The fourth-order valence-electron chi connectivity index (χ4n) is 1.99. The summed E-state index contributed by atoms with van der Waals surface area (Å²) in [6, 6.07) is 17.0. The van der Waals surface area contributed by atoms with Gasteiger partial charge in [-0.05, 0) is 29.8 Å². The topological polar surface area (TPSA) is 99.1 Å². The molecule has 0 saturated carbocycles. The molecule has 0 saturated heterocycles. The van der Waals surface area contributed by atoms with Gasteiger partial charge in [0.2, 0.25) is 10.0 Å². The Morgan fingerprint density at radius 3 is 2.33 bits per heavy atom. The molecule has 6 nitrogen and oxygen atoms in total. The minimum absolute atomic E-state index is 0.0537. The minimum atomic E-state index is -3.66. The number of carbonyl (C=O) groups is 1. The smallest absolute Gasteiger partial charge is 0.251 e. The number of hydrogen-bond donors (Lipinski definition) is 2. The van der Waals surface area contributed by atoms with Gasteiger partial charge >= 0.3 is 0 Å². The Hall–Kier alpha value is -2.69. The molecular weight excluding hydrogens is 326 g/mol. The lowest BCUT2D eigenvalue weighted by atomic mass is 10.2. The first kappa shape index (κ1) is 17.7. The molecule has 7 heteroatoms. The molecule has 0 aliphatic carbocycles. The summed E-state index contributed by atoms with van der Waals surface area (Å²) in [5.74, 6) is -0.278. The zero-order valence-corrected chi connectivity index (χ0v) is 13.7. The second-order valence-corrected chi connectivity index (χ2v) is 6.77. The minimum Gasteiger partial charge on any atom is -0.348 e. The van der Waals surface area contributed by atoms with Crippen LogP contribution in [-0.2, 0) is 16.6 Å². The lowest BCUT2D eigenvalue weighted by molar-refractivity contribution is 0.0951. The van der Waals surface area contributed by atoms with Crippen molar-refractivity contribution in [2.45, 2.75) is 17.9 Å². The monoisotopic (exact) mass is 343 g/mol. The molecule has 0 spiro atoms. The summed E-state index contributed by atoms with van der Waals surface area (Å²) >= 11 is 0. The van der Waals surface area contributed by atoms with E-state index in [1.165, 1.54) is 24.3 Å². The number of carbonyl (C=O) groups excluding carboxylic acids is 1. The number of sulfonamides is 1. The van der Waals surface area contributed by atoms with Crippen molar-refractivity contribution in [2.24, 2.45) is 0 Å². The van der Waals surface area contributed by atoms with Crippen LogP contribution >= 0.6 is 0 Å². The van der Waals surface area contributed by atoms with Crippen LogP contribution in [0.3, 0.4) is 0 Å². The molecule has 0 radical (unpaired) electrons. The van der Waals surface area contributed by atoms with Crippen LogP contribution in [-0.4, -0.2) is 20.9 Å². The van der Waals surface area contributed by atoms with Gasteiger partial charge < -0.3 is 5.32 Å². The predicted molar refractivity (Wildman–Crippen MR) is 89.5 cm³/mol. The van der Waals surface area contributed by atoms with Gasteiger partial charge in [0.25, 0.3) is 5.91 Å². The van der Waals surface area contributed by atoms with E-state index in [4.69, 9.17) is 5.26 Å². The maximum atomic E-state index is 12.1. The third-order valence-corrected chi connectivity index (χ3v) is 4.73. The third-order valence-electron chi connectivity index (χ3n) is 3.25. The van der Waals surface area contributed by atoms with Crippen molar-refractivity contribution in [2.75, 3.05) is 6.54 Å². The van der Waals surface area contributed by atoms with Crippen molar-refractivity contribution in [3.63, 3.8) is 0 Å². The Kier molecular flexibility index (Phi) is 6.07. The number of benzene rings is 2. The Morgan fingerprint density at radius 1 is 1.04 bits per heavy atom. The summed E-state index contributed by atoms with van der Waals surface area (Å²) in [6.45, 7) is 0.452. The molecule has 0 unspecified atom stereocenters. The molecule has 2 aromatic rings. The highest BCUT2D eigenvalue weighted by Gasteiger charge is 2.14. The number of rotatable bonds is 7. The molecule has 0 aromatic heterocycles. The lowest BCUT2D eigenvalue weighted by Crippen LogP contribution is -2.25. The lowest BCUT2D eigenvalue weighted by Gasteiger charge is -2.07. The average Bonchev–Trinajstić information content (AvgIpc) is 2.61. The molecule has 0 heterocycles. The molecule has 0 bridgehead atoms. The van der Waals surface area contributed by atoms with Crippen LogP contribution in [0.25, 0.3) is 0 Å². The average molecular weight is 343 g/mol. The summed E-state index contributed by atoms with van der Waals surface area (Å²) in [6.07, 6.45) is 0.0964. The van der Waals surface area contributed by atoms with E-state index in [1.807, 2.05) is 36.4 Å². The van der Waals surface area contributed by atoms with Gasteiger partial charge in [-0.15, -0.1) is 0 Å². The molecule has 2 N–H and O–H groups in total. The maximum absolute atomic E-state index is 12.1. The number of nitrogens with zero attached hydrogens (tertiary/aromatic N) is 1. The maximum Gasteiger partial charge on any atom is 0.251 e. The molecule has 2 aromatic carbocycles. The zero-order chi connectivity index (χ0) is 17.4. The van der Waals surface area contributed by atoms with Crippen LogP contribution in [0.5, 0.6) is 0 Å². The molecule has 124 valence electrons. The van der Waals surface area contributed by atoms with E-state index in [9.17, 15) is 13.2 Å². The first-order valence-electron chi connectivity index (χ1n) is 7.32. The fourth-order valence-corrected chi connectivity index (χ4v) is 3.02. The van der Waals surface area contributed by atoms with Crippen LogP contribution in [0.1, 0.15) is 22.3 Å². The predicted octanol–water partition coefficient (Wildman–Crippen LogP) is 1.81. The fraction of sp³-hybridized carbons (Fsp3) is 0.176. The second-order valence-electron chi connectivity index (χ2n) is 5.00. The number of amides is 1. The third kappa shape index (κ3) is 4.91. The van der Waals surface area contributed by atoms with Crippen molar-refractivity contribution in [1.29, 1.82) is 5.26 Å². The van der Waals surface area contributed by atoms with Crippen molar-refractivity contribution >= 4 is 15.9 Å². The molecular formula is C17H17N3O3S. The van der Waals surface area contributed by atoms with Gasteiger partial charge in [-0.25, -0.2) is 13.1 Å². The normalized spacial score (nSPS) is 10.8. The van der Waals surface area contributed by atoms with Gasteiger partial charge in [-0.3, -0.25) is 4.79 Å². The first-order chi connectivity index (χ1) is 11.5. The van der Waals surface area contributed by atoms with E-state index < -0.39 is 10.0 Å². The van der Waals surface area contributed by atoms with Crippen LogP contribution in [0.4, 0.5) is 0 Å². The number of nitriles is 1. The van der Waals surface area contributed by atoms with Gasteiger partial charge in [-0.1, -0.05) is 30.3 Å². The van der Waals surface area contributed by atoms with E-state index in [2.05, 4.69) is 10.0 Å². The molecule has 0 atom stereocenters. The van der Waals surface area contributed by atoms with Crippen LogP contribution in [0.15, 0.2) is 59.5 Å². The molecule has 0 fully saturated rings. The van der Waals surface area contributed by atoms with Gasteiger partial charge in [0.05, 0.1) is 11.0 Å². The van der Waals surface area contributed by atoms with Crippen molar-refractivity contribution in [1.82, 2.24) is 10.0 Å². The quantitative estimate of drug-likeness (QED) is 0.749. The van der Waals surface area contributed by atoms with E-state index in [0.29, 0.717) is 12.1 Å². The van der Waals surface area contributed by atoms with Crippen molar-refractivity contribution in [3.8, 4) is 6.07 Å². The van der Waals surface area contributed by atoms with Crippen LogP contribution in [0, 0.1) is 11.3 Å². The summed E-state index contributed by atoms with van der Waals surface area (Å²) in [5.41, 5.74) is 1.36. The van der Waals surface area contributed by atoms with Gasteiger partial charge in [0.15, 0.2) is 0 Å². The van der Waals surface area contributed by atoms with E-state index in [-0.39, 0.29) is 23.8 Å². The SMILES string of the molecule is N#CCCNS(=O)(=O)c1ccc(C(=O)NCc2ccccc2)cc1. The Bertz CT molecular complexity index is 826. The second kappa shape index (κ2) is 8.24. The van der Waals surface area contributed by atoms with Gasteiger partial charge in [0.1, 0.15) is 0 Å². The van der Waals surface area contributed by atoms with E-state index in [1.54, 1.807) is 0 Å². The molecule has 0 aliphatic heterocycles. The Labute approximate surface area is 141 Å². The summed E-state index contributed by atoms with van der Waals surface area (Å²) < 4.78 is 26.3. The van der Waals surface area contributed by atoms with Gasteiger partial charge in [-0.2, -0.15) is 5.26 Å². The summed E-state index contributed by atoms with van der Waals surface area (Å²) in [7, 11) is -3.66. The molecule has 0 aliphatic rings. The van der Waals surface area contributed by atoms with Crippen molar-refractivity contribution < 1.29 is 13.2 Å². The molecule has 1 amide bonds. The standard InChI is InChI=1S/C17H17N3O3S/c18-11-4-12-20-24(22,23)16-9-7-15(8-10-16)17(21)19-13-14-5-2-1-3-6-14/h1-3,5-10,20H,4,12-13H2,(H,19,21). The summed E-state index contributed by atoms with van der Waals surface area (Å²) in [4.78, 5) is 12.1. The molecule has 24 heavy (non-hydrogen) atoms. The van der Waals surface area contributed by atoms with E-state index in [0.717, 1.165) is 5.56 Å². The van der Waals surface area contributed by atoms with Crippen LogP contribution in [0.2, 0.25) is 0 Å². The number of nitrogens with one attached hydrogen (secondary N) is 2. The van der Waals surface area contributed by atoms with Gasteiger partial charge in [0, 0.05) is 25.1 Å². The number of hydrogen-bond acceptors (Lipinski definition) is 4. The Morgan fingerprint density at radius 2 is 1.71 bits per heavy atom. The van der Waals surface area contributed by atoms with Crippen molar-refractivity contribution in [3.05, 3.63) is 65.7 Å². The molecule has 2 rings (SSSR count). The highest BCUT2D eigenvalue weighted by Crippen LogP contribution is 2.11. The van der Waals surface area contributed by atoms with Crippen LogP contribution < -0.4 is 10.0 Å². The highest BCUT2D eigenvalue weighted by molar-refractivity contribution is 7.89. The highest BCUT2D eigenvalue weighted by atomic mass is 32.2. The first-order valence-corrected chi connectivity index (χ1v) is 8.80. The largest absolute Gasteiger partial charge is 0.348 e. The van der Waals surface area contributed by atoms with E-state index >= 15 is 0 Å². The zero-order valence-electron chi connectivity index (χ0n) is 12.9. The summed E-state index contributed by atoms with van der Waals surface area (Å²) in [5, 5.41) is 11.2.